The summed E-state index contributed by atoms with van der Waals surface area (Å²) < 4.78 is 5.50. The lowest BCUT2D eigenvalue weighted by Gasteiger charge is -2.08. The molecule has 0 heterocycles. The Bertz CT molecular complexity index is 707. The molecule has 0 atom stereocenters. The first kappa shape index (κ1) is 14.4. The van der Waals surface area contributed by atoms with Crippen molar-refractivity contribution in [2.24, 2.45) is 0 Å². The SMILES string of the molecule is Cc1cc(C)cc(Oc2ccc([N+](=O)[O-])cc2[N+](=O)[O-])c1. The molecule has 0 fully saturated rings. The predicted octanol–water partition coefficient (Wildman–Crippen LogP) is 3.91. The van der Waals surface area contributed by atoms with E-state index in [9.17, 15) is 20.2 Å². The molecule has 0 aliphatic carbocycles. The number of nitro benzene ring substituents is 2. The van der Waals surface area contributed by atoms with Crippen LogP contribution in [-0.2, 0) is 0 Å². The van der Waals surface area contributed by atoms with Gasteiger partial charge in [-0.1, -0.05) is 6.07 Å². The molecule has 2 aromatic rings. The molecule has 2 aromatic carbocycles. The minimum Gasteiger partial charge on any atom is -0.450 e. The van der Waals surface area contributed by atoms with Gasteiger partial charge in [-0.05, 0) is 43.2 Å². The summed E-state index contributed by atoms with van der Waals surface area (Å²) in [7, 11) is 0. The standard InChI is InChI=1S/C14H12N2O5/c1-9-5-10(2)7-12(6-9)21-14-4-3-11(15(17)18)8-13(14)16(19)20/h3-8H,1-2H3. The molecule has 0 saturated carbocycles. The van der Waals surface area contributed by atoms with Crippen LogP contribution in [0.1, 0.15) is 11.1 Å². The van der Waals surface area contributed by atoms with E-state index in [0.29, 0.717) is 5.75 Å². The zero-order valence-electron chi connectivity index (χ0n) is 11.4. The molecule has 7 heteroatoms. The number of non-ortho nitro benzene ring substituents is 1. The fraction of sp³-hybridized carbons (Fsp3) is 0.143. The number of nitro groups is 2. The molecule has 21 heavy (non-hydrogen) atoms. The van der Waals surface area contributed by atoms with Crippen LogP contribution in [0.25, 0.3) is 0 Å². The van der Waals surface area contributed by atoms with Crippen molar-refractivity contribution in [1.82, 2.24) is 0 Å². The second-order valence-corrected chi connectivity index (χ2v) is 4.59. The van der Waals surface area contributed by atoms with E-state index in [0.717, 1.165) is 17.2 Å². The maximum absolute atomic E-state index is 11.0. The van der Waals surface area contributed by atoms with E-state index in [4.69, 9.17) is 4.74 Å². The highest BCUT2D eigenvalue weighted by molar-refractivity contribution is 5.55. The van der Waals surface area contributed by atoms with Crippen LogP contribution in [0.2, 0.25) is 0 Å². The van der Waals surface area contributed by atoms with Gasteiger partial charge in [-0.2, -0.15) is 0 Å². The highest BCUT2D eigenvalue weighted by Gasteiger charge is 2.21. The van der Waals surface area contributed by atoms with E-state index < -0.39 is 15.5 Å². The average Bonchev–Trinajstić information content (AvgIpc) is 2.37. The largest absolute Gasteiger partial charge is 0.450 e. The summed E-state index contributed by atoms with van der Waals surface area (Å²) >= 11 is 0. The summed E-state index contributed by atoms with van der Waals surface area (Å²) in [4.78, 5) is 20.3. The molecule has 0 saturated heterocycles. The minimum atomic E-state index is -0.703. The fourth-order valence-corrected chi connectivity index (χ4v) is 1.97. The number of aryl methyl sites for hydroxylation is 2. The maximum Gasteiger partial charge on any atom is 0.318 e. The van der Waals surface area contributed by atoms with Gasteiger partial charge in [0.15, 0.2) is 0 Å². The molecule has 0 N–H and O–H groups in total. The maximum atomic E-state index is 11.0. The van der Waals surface area contributed by atoms with Crippen molar-refractivity contribution in [3.05, 3.63) is 67.8 Å². The third-order valence-electron chi connectivity index (χ3n) is 2.77. The van der Waals surface area contributed by atoms with Gasteiger partial charge in [0.1, 0.15) is 5.75 Å². The van der Waals surface area contributed by atoms with Crippen molar-refractivity contribution in [3.8, 4) is 11.5 Å². The Hall–Kier alpha value is -2.96. The zero-order chi connectivity index (χ0) is 15.6. The van der Waals surface area contributed by atoms with Gasteiger partial charge >= 0.3 is 5.69 Å². The van der Waals surface area contributed by atoms with Crippen LogP contribution in [-0.4, -0.2) is 9.85 Å². The van der Waals surface area contributed by atoms with E-state index >= 15 is 0 Å². The lowest BCUT2D eigenvalue weighted by atomic mass is 10.1. The second kappa shape index (κ2) is 5.58. The molecule has 7 nitrogen and oxygen atoms in total. The van der Waals surface area contributed by atoms with Crippen LogP contribution in [0.3, 0.4) is 0 Å². The highest BCUT2D eigenvalue weighted by atomic mass is 16.6. The van der Waals surface area contributed by atoms with Crippen molar-refractivity contribution < 1.29 is 14.6 Å². The van der Waals surface area contributed by atoms with E-state index in [1.54, 1.807) is 12.1 Å². The molecular weight excluding hydrogens is 276 g/mol. The summed E-state index contributed by atoms with van der Waals surface area (Å²) in [6.07, 6.45) is 0. The Morgan fingerprint density at radius 2 is 1.52 bits per heavy atom. The first-order chi connectivity index (χ1) is 9.86. The number of ether oxygens (including phenoxy) is 1. The molecular formula is C14H12N2O5. The Balaban J connectivity index is 2.43. The number of hydrogen-bond donors (Lipinski definition) is 0. The van der Waals surface area contributed by atoms with Crippen LogP contribution in [0, 0.1) is 34.1 Å². The van der Waals surface area contributed by atoms with Crippen molar-refractivity contribution >= 4 is 11.4 Å². The van der Waals surface area contributed by atoms with Crippen LogP contribution in [0.5, 0.6) is 11.5 Å². The number of nitrogens with zero attached hydrogens (tertiary/aromatic N) is 2. The first-order valence-electron chi connectivity index (χ1n) is 6.06. The molecule has 0 amide bonds. The monoisotopic (exact) mass is 288 g/mol. The lowest BCUT2D eigenvalue weighted by Crippen LogP contribution is -1.96. The number of rotatable bonds is 4. The Morgan fingerprint density at radius 1 is 0.905 bits per heavy atom. The summed E-state index contributed by atoms with van der Waals surface area (Å²) in [6.45, 7) is 3.76. The molecule has 0 spiro atoms. The van der Waals surface area contributed by atoms with Crippen LogP contribution in [0.15, 0.2) is 36.4 Å². The van der Waals surface area contributed by atoms with Crippen LogP contribution >= 0.6 is 0 Å². The zero-order valence-corrected chi connectivity index (χ0v) is 11.4. The fourth-order valence-electron chi connectivity index (χ4n) is 1.97. The predicted molar refractivity (Wildman–Crippen MR) is 75.7 cm³/mol. The van der Waals surface area contributed by atoms with Gasteiger partial charge in [-0.25, -0.2) is 0 Å². The number of benzene rings is 2. The van der Waals surface area contributed by atoms with Gasteiger partial charge in [-0.3, -0.25) is 20.2 Å². The molecule has 0 aliphatic rings. The molecule has 2 rings (SSSR count). The van der Waals surface area contributed by atoms with E-state index in [2.05, 4.69) is 0 Å². The summed E-state index contributed by atoms with van der Waals surface area (Å²) in [5.41, 5.74) is 1.11. The van der Waals surface area contributed by atoms with E-state index in [-0.39, 0.29) is 11.4 Å². The normalized spacial score (nSPS) is 10.2. The second-order valence-electron chi connectivity index (χ2n) is 4.59. The van der Waals surface area contributed by atoms with Crippen molar-refractivity contribution in [3.63, 3.8) is 0 Å². The third kappa shape index (κ3) is 3.33. The summed E-state index contributed by atoms with van der Waals surface area (Å²) in [5.74, 6) is 0.417. The lowest BCUT2D eigenvalue weighted by molar-refractivity contribution is -0.394. The summed E-state index contributed by atoms with van der Waals surface area (Å²) in [6, 6.07) is 8.70. The first-order valence-corrected chi connectivity index (χ1v) is 6.06. The molecule has 0 aliphatic heterocycles. The Labute approximate surface area is 120 Å². The van der Waals surface area contributed by atoms with Crippen molar-refractivity contribution in [1.29, 1.82) is 0 Å². The highest BCUT2D eigenvalue weighted by Crippen LogP contribution is 2.34. The number of hydrogen-bond acceptors (Lipinski definition) is 5. The Morgan fingerprint density at radius 3 is 2.05 bits per heavy atom. The Kier molecular flexibility index (Phi) is 3.84. The molecule has 0 bridgehead atoms. The van der Waals surface area contributed by atoms with Crippen molar-refractivity contribution in [2.75, 3.05) is 0 Å². The minimum absolute atomic E-state index is 0.0319. The smallest absolute Gasteiger partial charge is 0.318 e. The molecule has 0 aromatic heterocycles. The van der Waals surface area contributed by atoms with Gasteiger partial charge < -0.3 is 4.74 Å². The van der Waals surface area contributed by atoms with E-state index in [1.807, 2.05) is 19.9 Å². The van der Waals surface area contributed by atoms with Crippen LogP contribution < -0.4 is 4.74 Å². The quantitative estimate of drug-likeness (QED) is 0.627. The van der Waals surface area contributed by atoms with Gasteiger partial charge in [-0.15, -0.1) is 0 Å². The molecule has 0 unspecified atom stereocenters. The van der Waals surface area contributed by atoms with Crippen molar-refractivity contribution in [2.45, 2.75) is 13.8 Å². The van der Waals surface area contributed by atoms with Gasteiger partial charge in [0, 0.05) is 6.07 Å². The third-order valence-corrected chi connectivity index (χ3v) is 2.77. The molecule has 108 valence electrons. The topological polar surface area (TPSA) is 95.5 Å². The van der Waals surface area contributed by atoms with E-state index in [1.165, 1.54) is 12.1 Å². The summed E-state index contributed by atoms with van der Waals surface area (Å²) in [5, 5.41) is 21.7. The molecule has 0 radical (unpaired) electrons. The van der Waals surface area contributed by atoms with Gasteiger partial charge in [0.2, 0.25) is 5.75 Å². The average molecular weight is 288 g/mol. The van der Waals surface area contributed by atoms with Gasteiger partial charge in [0.05, 0.1) is 15.9 Å². The van der Waals surface area contributed by atoms with Gasteiger partial charge in [0.25, 0.3) is 5.69 Å². The van der Waals surface area contributed by atoms with Crippen LogP contribution in [0.4, 0.5) is 11.4 Å².